The molecule has 1 aliphatic carbocycles. The van der Waals surface area contributed by atoms with Gasteiger partial charge in [-0.05, 0) is 59.2 Å². The van der Waals surface area contributed by atoms with Crippen molar-refractivity contribution in [3.63, 3.8) is 0 Å². The standard InChI is InChI=1S/C26H28N6O2/c1-2-3-11-23-22(24(26(33)34)32(29-23)19-7-6-8-19)16-17-12-14-18(15-13-17)20-9-4-5-10-21(20)25-27-30-31-28-25/h4-5,9-10,12-15,19H,2-3,6-8,11,16H2,1H3,(H,33,34)(H,27,28,30,31). The Morgan fingerprint density at radius 1 is 1.12 bits per heavy atom. The number of carbonyl (C=O) groups is 1. The number of aromatic nitrogens is 6. The molecule has 8 nitrogen and oxygen atoms in total. The molecule has 174 valence electrons. The second-order valence-electron chi connectivity index (χ2n) is 8.88. The highest BCUT2D eigenvalue weighted by Gasteiger charge is 2.30. The Kier molecular flexibility index (Phi) is 6.20. The normalized spacial score (nSPS) is 13.7. The van der Waals surface area contributed by atoms with Crippen LogP contribution in [-0.4, -0.2) is 41.5 Å². The smallest absolute Gasteiger partial charge is 0.354 e. The summed E-state index contributed by atoms with van der Waals surface area (Å²) >= 11 is 0. The van der Waals surface area contributed by atoms with Gasteiger partial charge in [-0.25, -0.2) is 9.89 Å². The minimum Gasteiger partial charge on any atom is -0.477 e. The Bertz CT molecular complexity index is 1270. The molecular weight excluding hydrogens is 428 g/mol. The first kappa shape index (κ1) is 22.0. The summed E-state index contributed by atoms with van der Waals surface area (Å²) in [5.41, 5.74) is 6.22. The number of aromatic carboxylic acids is 1. The van der Waals surface area contributed by atoms with Gasteiger partial charge in [-0.2, -0.15) is 5.10 Å². The van der Waals surface area contributed by atoms with Gasteiger partial charge < -0.3 is 5.11 Å². The van der Waals surface area contributed by atoms with Crippen molar-refractivity contribution in [2.45, 2.75) is 57.9 Å². The van der Waals surface area contributed by atoms with Gasteiger partial charge in [-0.15, -0.1) is 5.10 Å². The van der Waals surface area contributed by atoms with E-state index in [1.54, 1.807) is 4.68 Å². The summed E-state index contributed by atoms with van der Waals surface area (Å²) in [6.45, 7) is 2.14. The summed E-state index contributed by atoms with van der Waals surface area (Å²) in [5.74, 6) is -0.266. The highest BCUT2D eigenvalue weighted by Crippen LogP contribution is 2.35. The van der Waals surface area contributed by atoms with Crippen LogP contribution in [0.4, 0.5) is 0 Å². The summed E-state index contributed by atoms with van der Waals surface area (Å²) in [7, 11) is 0. The molecule has 0 aliphatic heterocycles. The molecule has 0 unspecified atom stereocenters. The lowest BCUT2D eigenvalue weighted by molar-refractivity contribution is 0.0674. The van der Waals surface area contributed by atoms with Gasteiger partial charge in [-0.1, -0.05) is 61.9 Å². The van der Waals surface area contributed by atoms with Crippen molar-refractivity contribution >= 4 is 5.97 Å². The first-order valence-corrected chi connectivity index (χ1v) is 11.9. The van der Waals surface area contributed by atoms with Crippen LogP contribution >= 0.6 is 0 Å². The fourth-order valence-electron chi connectivity index (χ4n) is 4.59. The van der Waals surface area contributed by atoms with Crippen LogP contribution in [0.2, 0.25) is 0 Å². The first-order valence-electron chi connectivity index (χ1n) is 11.9. The van der Waals surface area contributed by atoms with E-state index in [0.717, 1.165) is 72.0 Å². The van der Waals surface area contributed by atoms with Gasteiger partial charge in [-0.3, -0.25) is 4.68 Å². The minimum absolute atomic E-state index is 0.213. The fourth-order valence-corrected chi connectivity index (χ4v) is 4.59. The second-order valence-corrected chi connectivity index (χ2v) is 8.88. The number of rotatable bonds is 9. The molecule has 2 aromatic carbocycles. The molecule has 4 aromatic rings. The molecule has 0 radical (unpaired) electrons. The molecule has 0 atom stereocenters. The molecule has 0 bridgehead atoms. The molecule has 2 heterocycles. The Hall–Kier alpha value is -3.81. The number of hydrogen-bond acceptors (Lipinski definition) is 5. The number of aryl methyl sites for hydroxylation is 1. The molecular formula is C26H28N6O2. The number of hydrogen-bond donors (Lipinski definition) is 2. The quantitative estimate of drug-likeness (QED) is 0.363. The van der Waals surface area contributed by atoms with Gasteiger partial charge in [0, 0.05) is 17.5 Å². The van der Waals surface area contributed by atoms with Crippen molar-refractivity contribution < 1.29 is 9.90 Å². The topological polar surface area (TPSA) is 110 Å². The Labute approximate surface area is 198 Å². The number of carboxylic acids is 1. The predicted molar refractivity (Wildman–Crippen MR) is 129 cm³/mol. The largest absolute Gasteiger partial charge is 0.477 e. The van der Waals surface area contributed by atoms with Gasteiger partial charge in [0.25, 0.3) is 0 Å². The zero-order valence-corrected chi connectivity index (χ0v) is 19.2. The zero-order chi connectivity index (χ0) is 23.5. The number of nitrogens with one attached hydrogen (secondary N) is 1. The maximum atomic E-state index is 12.3. The number of benzene rings is 2. The lowest BCUT2D eigenvalue weighted by Crippen LogP contribution is -2.22. The third-order valence-electron chi connectivity index (χ3n) is 6.66. The number of nitrogens with zero attached hydrogens (tertiary/aromatic N) is 5. The van der Waals surface area contributed by atoms with Gasteiger partial charge >= 0.3 is 5.97 Å². The molecule has 2 aromatic heterocycles. The van der Waals surface area contributed by atoms with E-state index < -0.39 is 5.97 Å². The van der Waals surface area contributed by atoms with Crippen LogP contribution in [0.3, 0.4) is 0 Å². The molecule has 8 heteroatoms. The number of aromatic amines is 1. The van der Waals surface area contributed by atoms with Crippen LogP contribution in [0, 0.1) is 0 Å². The number of H-pyrrole nitrogens is 1. The molecule has 5 rings (SSSR count). The average molecular weight is 457 g/mol. The Morgan fingerprint density at radius 3 is 2.50 bits per heavy atom. The maximum absolute atomic E-state index is 12.3. The van der Waals surface area contributed by atoms with Crippen LogP contribution in [-0.2, 0) is 12.8 Å². The van der Waals surface area contributed by atoms with E-state index in [9.17, 15) is 9.90 Å². The number of unbranched alkanes of at least 4 members (excludes halogenated alkanes) is 1. The van der Waals surface area contributed by atoms with Crippen LogP contribution in [0.5, 0.6) is 0 Å². The third kappa shape index (κ3) is 4.23. The highest BCUT2D eigenvalue weighted by atomic mass is 16.4. The third-order valence-corrected chi connectivity index (χ3v) is 6.66. The lowest BCUT2D eigenvalue weighted by atomic mass is 9.92. The van der Waals surface area contributed by atoms with Crippen molar-refractivity contribution in [2.75, 3.05) is 0 Å². The molecule has 2 N–H and O–H groups in total. The summed E-state index contributed by atoms with van der Waals surface area (Å²) in [4.78, 5) is 12.3. The lowest BCUT2D eigenvalue weighted by Gasteiger charge is -2.26. The summed E-state index contributed by atoms with van der Waals surface area (Å²) in [6.07, 6.45) is 6.56. The predicted octanol–water partition coefficient (Wildman–Crippen LogP) is 5.09. The van der Waals surface area contributed by atoms with Crippen molar-refractivity contribution in [1.82, 2.24) is 30.4 Å². The second kappa shape index (κ2) is 9.59. The first-order chi connectivity index (χ1) is 16.7. The molecule has 1 saturated carbocycles. The Balaban J connectivity index is 1.47. The van der Waals surface area contributed by atoms with Crippen LogP contribution < -0.4 is 0 Å². The van der Waals surface area contributed by atoms with E-state index in [1.165, 1.54) is 0 Å². The van der Waals surface area contributed by atoms with E-state index in [-0.39, 0.29) is 6.04 Å². The van der Waals surface area contributed by atoms with Crippen LogP contribution in [0.15, 0.2) is 48.5 Å². The van der Waals surface area contributed by atoms with E-state index in [4.69, 9.17) is 5.10 Å². The summed E-state index contributed by atoms with van der Waals surface area (Å²) < 4.78 is 1.79. The molecule has 34 heavy (non-hydrogen) atoms. The molecule has 1 aliphatic rings. The van der Waals surface area contributed by atoms with Crippen LogP contribution in [0.25, 0.3) is 22.5 Å². The van der Waals surface area contributed by atoms with Gasteiger partial charge in [0.15, 0.2) is 5.82 Å². The van der Waals surface area contributed by atoms with Crippen molar-refractivity contribution in [2.24, 2.45) is 0 Å². The average Bonchev–Trinajstić information content (AvgIpc) is 3.46. The molecule has 1 fully saturated rings. The van der Waals surface area contributed by atoms with E-state index >= 15 is 0 Å². The van der Waals surface area contributed by atoms with E-state index in [1.807, 2.05) is 24.3 Å². The van der Waals surface area contributed by atoms with Crippen molar-refractivity contribution in [3.8, 4) is 22.5 Å². The summed E-state index contributed by atoms with van der Waals surface area (Å²) in [5, 5.41) is 29.1. The van der Waals surface area contributed by atoms with Crippen molar-refractivity contribution in [1.29, 1.82) is 0 Å². The number of carboxylic acid groups (broad SMARTS) is 1. The SMILES string of the molecule is CCCCc1nn(C2CCC2)c(C(=O)O)c1Cc1ccc(-c2ccccc2-c2nnn[nH]2)cc1. The summed E-state index contributed by atoms with van der Waals surface area (Å²) in [6, 6.07) is 16.5. The molecule has 0 saturated heterocycles. The Morgan fingerprint density at radius 2 is 1.88 bits per heavy atom. The monoisotopic (exact) mass is 456 g/mol. The fraction of sp³-hybridized carbons (Fsp3) is 0.346. The van der Waals surface area contributed by atoms with Gasteiger partial charge in [0.1, 0.15) is 5.69 Å². The minimum atomic E-state index is -0.886. The maximum Gasteiger partial charge on any atom is 0.354 e. The van der Waals surface area contributed by atoms with E-state index in [0.29, 0.717) is 17.9 Å². The zero-order valence-electron chi connectivity index (χ0n) is 19.2. The number of tetrazole rings is 1. The molecule has 0 spiro atoms. The van der Waals surface area contributed by atoms with Crippen molar-refractivity contribution in [3.05, 3.63) is 71.0 Å². The highest BCUT2D eigenvalue weighted by molar-refractivity contribution is 5.88. The molecule has 0 amide bonds. The van der Waals surface area contributed by atoms with E-state index in [2.05, 4.69) is 51.8 Å². The van der Waals surface area contributed by atoms with Gasteiger partial charge in [0.2, 0.25) is 0 Å². The van der Waals surface area contributed by atoms with Gasteiger partial charge in [0.05, 0.1) is 11.7 Å². The van der Waals surface area contributed by atoms with Crippen LogP contribution in [0.1, 0.15) is 72.4 Å².